The van der Waals surface area contributed by atoms with Gasteiger partial charge in [0.1, 0.15) is 6.04 Å². The van der Waals surface area contributed by atoms with Crippen LogP contribution in [0.2, 0.25) is 0 Å². The Bertz CT molecular complexity index is 551. The monoisotopic (exact) mass is 271 g/mol. The average Bonchev–Trinajstić information content (AvgIpc) is 2.30. The third-order valence-electron chi connectivity index (χ3n) is 2.52. The summed E-state index contributed by atoms with van der Waals surface area (Å²) >= 11 is 0. The molecule has 1 N–H and O–H groups in total. The molecule has 0 amide bonds. The normalized spacial score (nSPS) is 13.1. The predicted octanol–water partition coefficient (Wildman–Crippen LogP) is 1.14. The molecule has 100 valence electrons. The quantitative estimate of drug-likeness (QED) is 0.834. The van der Waals surface area contributed by atoms with Crippen molar-refractivity contribution in [3.63, 3.8) is 0 Å². The number of sulfonamides is 1. The third-order valence-corrected chi connectivity index (χ3v) is 4.20. The van der Waals surface area contributed by atoms with E-state index >= 15 is 0 Å². The molecule has 1 aromatic rings. The summed E-state index contributed by atoms with van der Waals surface area (Å²) in [4.78, 5) is 11.4. The molecule has 0 aliphatic rings. The Balaban J connectivity index is 3.07. The van der Waals surface area contributed by atoms with E-state index in [2.05, 4.69) is 9.46 Å². The molecule has 0 saturated carbocycles. The van der Waals surface area contributed by atoms with Crippen LogP contribution in [0.15, 0.2) is 23.1 Å². The Morgan fingerprint density at radius 2 is 1.94 bits per heavy atom. The number of methoxy groups -OCH3 is 1. The highest BCUT2D eigenvalue weighted by Gasteiger charge is 2.23. The molecule has 0 fully saturated rings. The molecule has 18 heavy (non-hydrogen) atoms. The number of ether oxygens (including phenoxy) is 1. The van der Waals surface area contributed by atoms with Crippen molar-refractivity contribution >= 4 is 16.0 Å². The van der Waals surface area contributed by atoms with Gasteiger partial charge in [-0.2, -0.15) is 4.72 Å². The lowest BCUT2D eigenvalue weighted by Crippen LogP contribution is -2.39. The first-order valence-electron chi connectivity index (χ1n) is 5.45. The van der Waals surface area contributed by atoms with Crippen LogP contribution in [0.25, 0.3) is 0 Å². The van der Waals surface area contributed by atoms with Crippen LogP contribution in [0.3, 0.4) is 0 Å². The molecule has 0 spiro atoms. The molecule has 0 heterocycles. The highest BCUT2D eigenvalue weighted by molar-refractivity contribution is 7.89. The maximum atomic E-state index is 12.1. The number of rotatable bonds is 4. The van der Waals surface area contributed by atoms with Crippen LogP contribution in [0.5, 0.6) is 0 Å². The molecule has 1 rings (SSSR count). The minimum atomic E-state index is -3.72. The van der Waals surface area contributed by atoms with Crippen molar-refractivity contribution in [2.75, 3.05) is 7.11 Å². The Morgan fingerprint density at radius 1 is 1.33 bits per heavy atom. The molecule has 5 nitrogen and oxygen atoms in total. The summed E-state index contributed by atoms with van der Waals surface area (Å²) in [7, 11) is -2.51. The fraction of sp³-hybridized carbons (Fsp3) is 0.417. The van der Waals surface area contributed by atoms with Crippen LogP contribution in [0, 0.1) is 13.8 Å². The highest BCUT2D eigenvalue weighted by Crippen LogP contribution is 2.16. The molecule has 1 aromatic carbocycles. The summed E-state index contributed by atoms with van der Waals surface area (Å²) in [5.74, 6) is -0.621. The molecule has 0 aliphatic heterocycles. The van der Waals surface area contributed by atoms with Gasteiger partial charge in [-0.3, -0.25) is 4.79 Å². The third kappa shape index (κ3) is 3.30. The summed E-state index contributed by atoms with van der Waals surface area (Å²) in [6.07, 6.45) is 0. The molecule has 6 heteroatoms. The zero-order valence-electron chi connectivity index (χ0n) is 10.9. The topological polar surface area (TPSA) is 72.5 Å². The second-order valence-electron chi connectivity index (χ2n) is 4.14. The molecule has 0 radical (unpaired) electrons. The summed E-state index contributed by atoms with van der Waals surface area (Å²) < 4.78 is 31.0. The Hall–Kier alpha value is -1.40. The predicted molar refractivity (Wildman–Crippen MR) is 67.7 cm³/mol. The molecule has 0 saturated heterocycles. The number of nitrogens with one attached hydrogen (secondary N) is 1. The summed E-state index contributed by atoms with van der Waals surface area (Å²) in [6.45, 7) is 4.95. The minimum Gasteiger partial charge on any atom is -0.468 e. The van der Waals surface area contributed by atoms with Gasteiger partial charge in [-0.15, -0.1) is 0 Å². The van der Waals surface area contributed by atoms with E-state index in [1.54, 1.807) is 19.1 Å². The maximum Gasteiger partial charge on any atom is 0.323 e. The van der Waals surface area contributed by atoms with Gasteiger partial charge in [-0.1, -0.05) is 12.1 Å². The number of hydrogen-bond acceptors (Lipinski definition) is 4. The first-order chi connectivity index (χ1) is 8.27. The van der Waals surface area contributed by atoms with Gasteiger partial charge >= 0.3 is 5.97 Å². The lowest BCUT2D eigenvalue weighted by molar-refractivity contribution is -0.142. The van der Waals surface area contributed by atoms with E-state index in [9.17, 15) is 13.2 Å². The summed E-state index contributed by atoms with van der Waals surface area (Å²) in [5.41, 5.74) is 1.47. The molecule has 0 aliphatic carbocycles. The van der Waals surface area contributed by atoms with Crippen LogP contribution < -0.4 is 4.72 Å². The van der Waals surface area contributed by atoms with Crippen molar-refractivity contribution in [2.24, 2.45) is 0 Å². The van der Waals surface area contributed by atoms with Gasteiger partial charge in [0.25, 0.3) is 0 Å². The SMILES string of the molecule is COC(=O)[C@H](C)NS(=O)(=O)c1cc(C)ccc1C. The van der Waals surface area contributed by atoms with Crippen LogP contribution in [-0.2, 0) is 19.6 Å². The summed E-state index contributed by atoms with van der Waals surface area (Å²) in [6, 6.07) is 4.21. The first-order valence-corrected chi connectivity index (χ1v) is 6.93. The number of aryl methyl sites for hydroxylation is 2. The van der Waals surface area contributed by atoms with Crippen molar-refractivity contribution in [3.8, 4) is 0 Å². The number of hydrogen-bond donors (Lipinski definition) is 1. The van der Waals surface area contributed by atoms with E-state index in [4.69, 9.17) is 0 Å². The Labute approximate surface area is 107 Å². The standard InChI is InChI=1S/C12H17NO4S/c1-8-5-6-9(2)11(7-8)18(15,16)13-10(3)12(14)17-4/h5-7,10,13H,1-4H3/t10-/m0/s1. The fourth-order valence-corrected chi connectivity index (χ4v) is 3.04. The van der Waals surface area contributed by atoms with Crippen molar-refractivity contribution < 1.29 is 17.9 Å². The van der Waals surface area contributed by atoms with Crippen molar-refractivity contribution in [2.45, 2.75) is 31.7 Å². The van der Waals surface area contributed by atoms with Crippen LogP contribution in [-0.4, -0.2) is 27.5 Å². The highest BCUT2D eigenvalue weighted by atomic mass is 32.2. The molecule has 1 atom stereocenters. The van der Waals surface area contributed by atoms with Crippen molar-refractivity contribution in [3.05, 3.63) is 29.3 Å². The van der Waals surface area contributed by atoms with Crippen LogP contribution in [0.4, 0.5) is 0 Å². The van der Waals surface area contributed by atoms with Gasteiger partial charge in [-0.05, 0) is 38.0 Å². The van der Waals surface area contributed by atoms with Crippen molar-refractivity contribution in [1.29, 1.82) is 0 Å². The van der Waals surface area contributed by atoms with Gasteiger partial charge < -0.3 is 4.74 Å². The van der Waals surface area contributed by atoms with E-state index in [0.29, 0.717) is 5.56 Å². The van der Waals surface area contributed by atoms with Gasteiger partial charge in [0.15, 0.2) is 0 Å². The number of benzene rings is 1. The number of esters is 1. The van der Waals surface area contributed by atoms with Gasteiger partial charge in [0.2, 0.25) is 10.0 Å². The van der Waals surface area contributed by atoms with E-state index in [-0.39, 0.29) is 4.90 Å². The fourth-order valence-electron chi connectivity index (χ4n) is 1.52. The van der Waals surface area contributed by atoms with Crippen molar-refractivity contribution in [1.82, 2.24) is 4.72 Å². The summed E-state index contributed by atoms with van der Waals surface area (Å²) in [5, 5.41) is 0. The largest absolute Gasteiger partial charge is 0.468 e. The van der Waals surface area contributed by atoms with Crippen LogP contribution in [0.1, 0.15) is 18.1 Å². The lowest BCUT2D eigenvalue weighted by Gasteiger charge is -2.14. The second kappa shape index (κ2) is 5.49. The minimum absolute atomic E-state index is 0.179. The zero-order valence-corrected chi connectivity index (χ0v) is 11.7. The molecule has 0 unspecified atom stereocenters. The van der Waals surface area contributed by atoms with E-state index < -0.39 is 22.0 Å². The number of carbonyl (C=O) groups is 1. The Kier molecular flexibility index (Phi) is 4.48. The molecule has 0 aromatic heterocycles. The van der Waals surface area contributed by atoms with Gasteiger partial charge in [0.05, 0.1) is 12.0 Å². The Morgan fingerprint density at radius 3 is 2.50 bits per heavy atom. The lowest BCUT2D eigenvalue weighted by atomic mass is 10.2. The molecule has 0 bridgehead atoms. The zero-order chi connectivity index (χ0) is 13.9. The number of carbonyl (C=O) groups excluding carboxylic acids is 1. The van der Waals surface area contributed by atoms with Gasteiger partial charge in [0, 0.05) is 0 Å². The average molecular weight is 271 g/mol. The van der Waals surface area contributed by atoms with Gasteiger partial charge in [-0.25, -0.2) is 8.42 Å². The van der Waals surface area contributed by atoms with E-state index in [1.807, 2.05) is 13.0 Å². The first kappa shape index (κ1) is 14.7. The van der Waals surface area contributed by atoms with E-state index in [1.165, 1.54) is 14.0 Å². The maximum absolute atomic E-state index is 12.1. The van der Waals surface area contributed by atoms with E-state index in [0.717, 1.165) is 5.56 Å². The molecular formula is C12H17NO4S. The van der Waals surface area contributed by atoms with Crippen LogP contribution >= 0.6 is 0 Å². The smallest absolute Gasteiger partial charge is 0.323 e. The molecular weight excluding hydrogens is 254 g/mol. The second-order valence-corrected chi connectivity index (χ2v) is 5.82.